The third kappa shape index (κ3) is 1.76. The summed E-state index contributed by atoms with van der Waals surface area (Å²) >= 11 is 0. The summed E-state index contributed by atoms with van der Waals surface area (Å²) in [5, 5.41) is 16.4. The fraction of sp³-hybridized carbons (Fsp3) is 0. The van der Waals surface area contributed by atoms with E-state index in [4.69, 9.17) is 0 Å². The maximum absolute atomic E-state index is 13.8. The molecule has 0 fully saturated rings. The van der Waals surface area contributed by atoms with E-state index in [0.29, 0.717) is 16.6 Å². The molecule has 4 nitrogen and oxygen atoms in total. The van der Waals surface area contributed by atoms with Crippen LogP contribution in [0.3, 0.4) is 0 Å². The van der Waals surface area contributed by atoms with Crippen LogP contribution in [0.15, 0.2) is 42.5 Å². The predicted octanol–water partition coefficient (Wildman–Crippen LogP) is 3.07. The van der Waals surface area contributed by atoms with E-state index >= 15 is 0 Å². The molecule has 19 heavy (non-hydrogen) atoms. The van der Waals surface area contributed by atoms with Gasteiger partial charge in [-0.25, -0.2) is 9.18 Å². The van der Waals surface area contributed by atoms with Crippen LogP contribution < -0.4 is 0 Å². The lowest BCUT2D eigenvalue weighted by Gasteiger charge is -2.02. The monoisotopic (exact) mass is 256 g/mol. The SMILES string of the molecule is O=C(O)c1cccc2[nH]nc(-c3ccccc3F)c12. The summed E-state index contributed by atoms with van der Waals surface area (Å²) in [4.78, 5) is 11.2. The number of aromatic carboxylic acids is 1. The molecule has 0 saturated heterocycles. The molecule has 1 aromatic heterocycles. The number of aromatic amines is 1. The molecule has 94 valence electrons. The average Bonchev–Trinajstić information content (AvgIpc) is 2.82. The van der Waals surface area contributed by atoms with E-state index in [-0.39, 0.29) is 11.1 Å². The van der Waals surface area contributed by atoms with E-state index in [2.05, 4.69) is 10.2 Å². The Morgan fingerprint density at radius 3 is 2.68 bits per heavy atom. The maximum atomic E-state index is 13.8. The Morgan fingerprint density at radius 1 is 1.16 bits per heavy atom. The second-order valence-corrected chi connectivity index (χ2v) is 4.09. The Balaban J connectivity index is 2.37. The van der Waals surface area contributed by atoms with Gasteiger partial charge in [0.25, 0.3) is 0 Å². The summed E-state index contributed by atoms with van der Waals surface area (Å²) < 4.78 is 13.8. The number of H-pyrrole nitrogens is 1. The van der Waals surface area contributed by atoms with Gasteiger partial charge in [-0.3, -0.25) is 5.10 Å². The van der Waals surface area contributed by atoms with E-state index in [9.17, 15) is 14.3 Å². The van der Waals surface area contributed by atoms with Crippen LogP contribution in [0.5, 0.6) is 0 Å². The molecule has 0 atom stereocenters. The molecule has 0 bridgehead atoms. The number of carboxylic acid groups (broad SMARTS) is 1. The predicted molar refractivity (Wildman–Crippen MR) is 68.4 cm³/mol. The molecule has 2 N–H and O–H groups in total. The fourth-order valence-electron chi connectivity index (χ4n) is 2.10. The van der Waals surface area contributed by atoms with Crippen molar-refractivity contribution in [1.82, 2.24) is 10.2 Å². The lowest BCUT2D eigenvalue weighted by Crippen LogP contribution is -1.97. The molecule has 0 radical (unpaired) electrons. The highest BCUT2D eigenvalue weighted by Crippen LogP contribution is 2.30. The smallest absolute Gasteiger partial charge is 0.336 e. The molecule has 0 aliphatic carbocycles. The number of carbonyl (C=O) groups is 1. The number of aromatic nitrogens is 2. The van der Waals surface area contributed by atoms with Gasteiger partial charge in [0.05, 0.1) is 11.1 Å². The molecule has 1 heterocycles. The van der Waals surface area contributed by atoms with E-state index in [0.717, 1.165) is 0 Å². The molecule has 0 amide bonds. The van der Waals surface area contributed by atoms with Crippen LogP contribution in [0, 0.1) is 5.82 Å². The summed E-state index contributed by atoms with van der Waals surface area (Å²) in [6.45, 7) is 0. The van der Waals surface area contributed by atoms with Crippen LogP contribution in [-0.2, 0) is 0 Å². The van der Waals surface area contributed by atoms with Gasteiger partial charge in [0.15, 0.2) is 0 Å². The summed E-state index contributed by atoms with van der Waals surface area (Å²) in [6, 6.07) is 11.0. The number of carboxylic acids is 1. The molecular weight excluding hydrogens is 247 g/mol. The van der Waals surface area contributed by atoms with Crippen molar-refractivity contribution in [2.45, 2.75) is 0 Å². The molecule has 3 rings (SSSR count). The van der Waals surface area contributed by atoms with Gasteiger partial charge in [0.1, 0.15) is 11.5 Å². The van der Waals surface area contributed by atoms with Crippen molar-refractivity contribution in [3.63, 3.8) is 0 Å². The first-order valence-corrected chi connectivity index (χ1v) is 5.64. The first-order chi connectivity index (χ1) is 9.18. The number of halogens is 1. The van der Waals surface area contributed by atoms with E-state index in [1.807, 2.05) is 0 Å². The number of nitrogens with one attached hydrogen (secondary N) is 1. The third-order valence-electron chi connectivity index (χ3n) is 2.95. The zero-order chi connectivity index (χ0) is 13.4. The van der Waals surface area contributed by atoms with Gasteiger partial charge in [0, 0.05) is 10.9 Å². The van der Waals surface area contributed by atoms with E-state index in [1.54, 1.807) is 30.3 Å². The normalized spacial score (nSPS) is 10.8. The van der Waals surface area contributed by atoms with Crippen molar-refractivity contribution in [2.75, 3.05) is 0 Å². The van der Waals surface area contributed by atoms with Gasteiger partial charge >= 0.3 is 5.97 Å². The first kappa shape index (κ1) is 11.4. The van der Waals surface area contributed by atoms with Crippen molar-refractivity contribution in [3.05, 3.63) is 53.8 Å². The van der Waals surface area contributed by atoms with Crippen molar-refractivity contribution in [2.24, 2.45) is 0 Å². The lowest BCUT2D eigenvalue weighted by molar-refractivity contribution is 0.0699. The third-order valence-corrected chi connectivity index (χ3v) is 2.95. The van der Waals surface area contributed by atoms with Gasteiger partial charge in [0.2, 0.25) is 0 Å². The minimum absolute atomic E-state index is 0.101. The van der Waals surface area contributed by atoms with Gasteiger partial charge in [-0.05, 0) is 24.3 Å². The summed E-state index contributed by atoms with van der Waals surface area (Å²) in [5.74, 6) is -1.50. The first-order valence-electron chi connectivity index (χ1n) is 5.64. The summed E-state index contributed by atoms with van der Waals surface area (Å²) in [5.41, 5.74) is 1.26. The highest BCUT2D eigenvalue weighted by atomic mass is 19.1. The van der Waals surface area contributed by atoms with Gasteiger partial charge < -0.3 is 5.11 Å². The molecule has 5 heteroatoms. The molecule has 2 aromatic carbocycles. The lowest BCUT2D eigenvalue weighted by atomic mass is 10.0. The van der Waals surface area contributed by atoms with Crippen LogP contribution in [0.25, 0.3) is 22.2 Å². The van der Waals surface area contributed by atoms with Crippen LogP contribution >= 0.6 is 0 Å². The number of hydrogen-bond acceptors (Lipinski definition) is 2. The second kappa shape index (κ2) is 4.20. The topological polar surface area (TPSA) is 66.0 Å². The van der Waals surface area contributed by atoms with Crippen LogP contribution in [0.1, 0.15) is 10.4 Å². The molecule has 0 spiro atoms. The maximum Gasteiger partial charge on any atom is 0.336 e. The summed E-state index contributed by atoms with van der Waals surface area (Å²) in [6.07, 6.45) is 0. The van der Waals surface area contributed by atoms with Crippen molar-refractivity contribution in [1.29, 1.82) is 0 Å². The Morgan fingerprint density at radius 2 is 1.95 bits per heavy atom. The van der Waals surface area contributed by atoms with Crippen LogP contribution in [-0.4, -0.2) is 21.3 Å². The minimum atomic E-state index is -1.07. The largest absolute Gasteiger partial charge is 0.478 e. The van der Waals surface area contributed by atoms with Crippen molar-refractivity contribution < 1.29 is 14.3 Å². The van der Waals surface area contributed by atoms with Gasteiger partial charge in [-0.2, -0.15) is 5.10 Å². The number of rotatable bonds is 2. The Bertz CT molecular complexity index is 780. The molecule has 0 aliphatic rings. The molecule has 3 aromatic rings. The Labute approximate surface area is 107 Å². The number of nitrogens with zero attached hydrogens (tertiary/aromatic N) is 1. The zero-order valence-corrected chi connectivity index (χ0v) is 9.72. The fourth-order valence-corrected chi connectivity index (χ4v) is 2.10. The Kier molecular flexibility index (Phi) is 2.52. The van der Waals surface area contributed by atoms with Crippen LogP contribution in [0.4, 0.5) is 4.39 Å². The van der Waals surface area contributed by atoms with E-state index < -0.39 is 11.8 Å². The number of hydrogen-bond donors (Lipinski definition) is 2. The standard InChI is InChI=1S/C14H9FN2O2/c15-10-6-2-1-4-8(10)13-12-9(14(18)19)5-3-7-11(12)16-17-13/h1-7H,(H,16,17)(H,18,19). The number of benzene rings is 2. The van der Waals surface area contributed by atoms with Gasteiger partial charge in [-0.15, -0.1) is 0 Å². The van der Waals surface area contributed by atoms with Crippen molar-refractivity contribution in [3.8, 4) is 11.3 Å². The highest BCUT2D eigenvalue weighted by molar-refractivity contribution is 6.08. The average molecular weight is 256 g/mol. The second-order valence-electron chi connectivity index (χ2n) is 4.09. The Hall–Kier alpha value is -2.69. The highest BCUT2D eigenvalue weighted by Gasteiger charge is 2.17. The quantitative estimate of drug-likeness (QED) is 0.740. The minimum Gasteiger partial charge on any atom is -0.478 e. The number of fused-ring (bicyclic) bond motifs is 1. The summed E-state index contributed by atoms with van der Waals surface area (Å²) in [7, 11) is 0. The molecular formula is C14H9FN2O2. The van der Waals surface area contributed by atoms with Gasteiger partial charge in [-0.1, -0.05) is 18.2 Å². The molecule has 0 aliphatic heterocycles. The van der Waals surface area contributed by atoms with Crippen molar-refractivity contribution >= 4 is 16.9 Å². The van der Waals surface area contributed by atoms with Crippen LogP contribution in [0.2, 0.25) is 0 Å². The molecule has 0 saturated carbocycles. The molecule has 0 unspecified atom stereocenters. The zero-order valence-electron chi connectivity index (χ0n) is 9.72. The van der Waals surface area contributed by atoms with E-state index in [1.165, 1.54) is 12.1 Å².